The van der Waals surface area contributed by atoms with Crippen LogP contribution in [-0.2, 0) is 0 Å². The van der Waals surface area contributed by atoms with Gasteiger partial charge in [-0.05, 0) is 37.0 Å². The zero-order valence-corrected chi connectivity index (χ0v) is 14.8. The Bertz CT molecular complexity index is 736. The minimum atomic E-state index is -0.0179. The van der Waals surface area contributed by atoms with Crippen LogP contribution in [0.4, 0.5) is 11.5 Å². The molecule has 0 aromatic carbocycles. The molecule has 3 heterocycles. The molecule has 1 saturated heterocycles. The van der Waals surface area contributed by atoms with Crippen molar-refractivity contribution in [2.24, 2.45) is 5.92 Å². The summed E-state index contributed by atoms with van der Waals surface area (Å²) in [4.78, 5) is 22.7. The van der Waals surface area contributed by atoms with E-state index in [9.17, 15) is 4.79 Å². The first kappa shape index (κ1) is 17.0. The standard InChI is InChI=1S/C17H18Cl2N4O/c1-11-3-2-6-23(10-11)17(24)12-7-14(18)16(21-8-12)22-13-4-5-15(19)20-9-13/h4-5,7-9,11H,2-3,6,10H2,1H3,(H,21,22). The third kappa shape index (κ3) is 3.97. The highest BCUT2D eigenvalue weighted by atomic mass is 35.5. The molecule has 1 amide bonds. The van der Waals surface area contributed by atoms with Crippen molar-refractivity contribution in [1.82, 2.24) is 14.9 Å². The molecule has 3 rings (SSSR count). The third-order valence-corrected chi connectivity index (χ3v) is 4.53. The van der Waals surface area contributed by atoms with Crippen LogP contribution in [0.15, 0.2) is 30.6 Å². The smallest absolute Gasteiger partial charge is 0.255 e. The summed E-state index contributed by atoms with van der Waals surface area (Å²) in [5, 5.41) is 3.87. The van der Waals surface area contributed by atoms with Crippen molar-refractivity contribution >= 4 is 40.6 Å². The van der Waals surface area contributed by atoms with Crippen molar-refractivity contribution in [3.8, 4) is 0 Å². The minimum Gasteiger partial charge on any atom is -0.338 e. The zero-order valence-electron chi connectivity index (χ0n) is 13.3. The number of anilines is 2. The minimum absolute atomic E-state index is 0.0179. The summed E-state index contributed by atoms with van der Waals surface area (Å²) in [5.41, 5.74) is 1.23. The zero-order chi connectivity index (χ0) is 17.1. The maximum absolute atomic E-state index is 12.6. The molecule has 0 bridgehead atoms. The van der Waals surface area contributed by atoms with E-state index >= 15 is 0 Å². The molecule has 1 atom stereocenters. The fourth-order valence-corrected chi connectivity index (χ4v) is 3.12. The van der Waals surface area contributed by atoms with Crippen molar-refractivity contribution in [2.75, 3.05) is 18.4 Å². The molecule has 2 aromatic heterocycles. The highest BCUT2D eigenvalue weighted by Gasteiger charge is 2.22. The van der Waals surface area contributed by atoms with E-state index in [-0.39, 0.29) is 5.91 Å². The number of nitrogens with one attached hydrogen (secondary N) is 1. The van der Waals surface area contributed by atoms with Crippen LogP contribution in [0.1, 0.15) is 30.1 Å². The number of amides is 1. The number of piperidine rings is 1. The van der Waals surface area contributed by atoms with E-state index in [1.165, 1.54) is 6.42 Å². The van der Waals surface area contributed by atoms with Crippen LogP contribution in [0.2, 0.25) is 10.2 Å². The predicted molar refractivity (Wildman–Crippen MR) is 96.1 cm³/mol. The van der Waals surface area contributed by atoms with E-state index in [0.29, 0.717) is 27.5 Å². The number of hydrogen-bond acceptors (Lipinski definition) is 4. The van der Waals surface area contributed by atoms with Crippen molar-refractivity contribution in [2.45, 2.75) is 19.8 Å². The van der Waals surface area contributed by atoms with Gasteiger partial charge in [0.1, 0.15) is 11.0 Å². The van der Waals surface area contributed by atoms with Gasteiger partial charge in [0, 0.05) is 19.3 Å². The number of hydrogen-bond donors (Lipinski definition) is 1. The Morgan fingerprint density at radius 1 is 1.29 bits per heavy atom. The Balaban J connectivity index is 1.74. The van der Waals surface area contributed by atoms with Gasteiger partial charge in [-0.1, -0.05) is 30.1 Å². The Morgan fingerprint density at radius 2 is 2.12 bits per heavy atom. The van der Waals surface area contributed by atoms with Crippen molar-refractivity contribution in [3.05, 3.63) is 46.3 Å². The molecule has 1 N–H and O–H groups in total. The monoisotopic (exact) mass is 364 g/mol. The molecule has 1 aliphatic heterocycles. The van der Waals surface area contributed by atoms with E-state index in [4.69, 9.17) is 23.2 Å². The van der Waals surface area contributed by atoms with Crippen LogP contribution in [0, 0.1) is 5.92 Å². The molecule has 7 heteroatoms. The number of aromatic nitrogens is 2. The summed E-state index contributed by atoms with van der Waals surface area (Å²) in [6.45, 7) is 3.74. The highest BCUT2D eigenvalue weighted by molar-refractivity contribution is 6.33. The van der Waals surface area contributed by atoms with Crippen molar-refractivity contribution in [1.29, 1.82) is 0 Å². The van der Waals surface area contributed by atoms with Crippen molar-refractivity contribution < 1.29 is 4.79 Å². The number of carbonyl (C=O) groups excluding carboxylic acids is 1. The normalized spacial score (nSPS) is 17.6. The van der Waals surface area contributed by atoms with Gasteiger partial charge in [0.05, 0.1) is 22.5 Å². The fourth-order valence-electron chi connectivity index (χ4n) is 2.79. The molecule has 0 saturated carbocycles. The lowest BCUT2D eigenvalue weighted by Crippen LogP contribution is -2.39. The van der Waals surface area contributed by atoms with Gasteiger partial charge in [-0.2, -0.15) is 0 Å². The highest BCUT2D eigenvalue weighted by Crippen LogP contribution is 2.25. The lowest BCUT2D eigenvalue weighted by molar-refractivity contribution is 0.0682. The summed E-state index contributed by atoms with van der Waals surface area (Å²) in [7, 11) is 0. The summed E-state index contributed by atoms with van der Waals surface area (Å²) in [6.07, 6.45) is 5.35. The van der Waals surface area contributed by atoms with E-state index in [0.717, 1.165) is 25.2 Å². The van der Waals surface area contributed by atoms with Crippen molar-refractivity contribution in [3.63, 3.8) is 0 Å². The van der Waals surface area contributed by atoms with E-state index in [1.54, 1.807) is 30.6 Å². The fraction of sp³-hybridized carbons (Fsp3) is 0.353. The first-order valence-corrected chi connectivity index (χ1v) is 8.62. The average molecular weight is 365 g/mol. The second-order valence-electron chi connectivity index (χ2n) is 6.05. The molecule has 1 aliphatic rings. The molecule has 126 valence electrons. The Hall–Kier alpha value is -1.85. The van der Waals surface area contributed by atoms with Gasteiger partial charge < -0.3 is 10.2 Å². The second kappa shape index (κ2) is 7.36. The number of carbonyl (C=O) groups is 1. The van der Waals surface area contributed by atoms with Gasteiger partial charge in [-0.25, -0.2) is 9.97 Å². The summed E-state index contributed by atoms with van der Waals surface area (Å²) >= 11 is 12.0. The van der Waals surface area contributed by atoms with E-state index < -0.39 is 0 Å². The summed E-state index contributed by atoms with van der Waals surface area (Å²) < 4.78 is 0. The molecular weight excluding hydrogens is 347 g/mol. The van der Waals surface area contributed by atoms with Gasteiger partial charge >= 0.3 is 0 Å². The molecule has 24 heavy (non-hydrogen) atoms. The lowest BCUT2D eigenvalue weighted by atomic mass is 10.00. The predicted octanol–water partition coefficient (Wildman–Crippen LogP) is 4.40. The number of halogens is 2. The largest absolute Gasteiger partial charge is 0.338 e. The molecule has 5 nitrogen and oxygen atoms in total. The van der Waals surface area contributed by atoms with Crippen LogP contribution in [0.5, 0.6) is 0 Å². The lowest BCUT2D eigenvalue weighted by Gasteiger charge is -2.31. The topological polar surface area (TPSA) is 58.1 Å². The average Bonchev–Trinajstić information content (AvgIpc) is 2.58. The molecule has 0 aliphatic carbocycles. The maximum Gasteiger partial charge on any atom is 0.255 e. The summed E-state index contributed by atoms with van der Waals surface area (Å²) in [6, 6.07) is 5.11. The van der Waals surface area contributed by atoms with Crippen LogP contribution < -0.4 is 5.32 Å². The SMILES string of the molecule is CC1CCCN(C(=O)c2cnc(Nc3ccc(Cl)nc3)c(Cl)c2)C1. The Morgan fingerprint density at radius 3 is 2.79 bits per heavy atom. The molecule has 0 spiro atoms. The first-order chi connectivity index (χ1) is 11.5. The van der Waals surface area contributed by atoms with Crippen LogP contribution >= 0.6 is 23.2 Å². The third-order valence-electron chi connectivity index (χ3n) is 4.02. The number of rotatable bonds is 3. The first-order valence-electron chi connectivity index (χ1n) is 7.86. The number of nitrogens with zero attached hydrogens (tertiary/aromatic N) is 3. The van der Waals surface area contributed by atoms with Gasteiger partial charge in [0.2, 0.25) is 0 Å². The number of pyridine rings is 2. The van der Waals surface area contributed by atoms with E-state index in [2.05, 4.69) is 22.2 Å². The molecular formula is C17H18Cl2N4O. The van der Waals surface area contributed by atoms with Crippen LogP contribution in [0.3, 0.4) is 0 Å². The second-order valence-corrected chi connectivity index (χ2v) is 6.84. The van der Waals surface area contributed by atoms with Gasteiger partial charge in [-0.15, -0.1) is 0 Å². The Labute approximate surface area is 151 Å². The molecule has 1 unspecified atom stereocenters. The summed E-state index contributed by atoms with van der Waals surface area (Å²) in [5.74, 6) is 0.990. The quantitative estimate of drug-likeness (QED) is 0.820. The number of likely N-dealkylation sites (tertiary alicyclic amines) is 1. The molecule has 1 fully saturated rings. The Kier molecular flexibility index (Phi) is 5.21. The van der Waals surface area contributed by atoms with Crippen LogP contribution in [-0.4, -0.2) is 33.9 Å². The molecule has 2 aromatic rings. The van der Waals surface area contributed by atoms with Gasteiger partial charge in [-0.3, -0.25) is 4.79 Å². The van der Waals surface area contributed by atoms with Crippen LogP contribution in [0.25, 0.3) is 0 Å². The van der Waals surface area contributed by atoms with E-state index in [1.807, 2.05) is 4.90 Å². The van der Waals surface area contributed by atoms with Gasteiger partial charge in [0.15, 0.2) is 0 Å². The van der Waals surface area contributed by atoms with Gasteiger partial charge in [0.25, 0.3) is 5.91 Å². The maximum atomic E-state index is 12.6. The molecule has 0 radical (unpaired) electrons.